The fourth-order valence-electron chi connectivity index (χ4n) is 2.29. The van der Waals surface area contributed by atoms with Gasteiger partial charge in [0.25, 0.3) is 0 Å². The smallest absolute Gasteiger partial charge is 0.128 e. The molecule has 2 aromatic rings. The highest BCUT2D eigenvalue weighted by molar-refractivity contribution is 5.68. The van der Waals surface area contributed by atoms with E-state index in [1.54, 1.807) is 7.11 Å². The predicted molar refractivity (Wildman–Crippen MR) is 82.1 cm³/mol. The largest absolute Gasteiger partial charge is 0.496 e. The fourth-order valence-corrected chi connectivity index (χ4v) is 2.29. The Hall–Kier alpha value is -1.81. The monoisotopic (exact) mass is 273 g/mol. The minimum atomic E-state index is 0.479. The van der Waals surface area contributed by atoms with Gasteiger partial charge in [-0.2, -0.15) is 0 Å². The maximum Gasteiger partial charge on any atom is 0.128 e. The number of aromatic nitrogens is 2. The number of hydrogen-bond acceptors (Lipinski definition) is 3. The Kier molecular flexibility index (Phi) is 4.45. The lowest BCUT2D eigenvalue weighted by molar-refractivity contribution is 0.416. The maximum atomic E-state index is 5.62. The van der Waals surface area contributed by atoms with Gasteiger partial charge in [0.1, 0.15) is 11.6 Å². The highest BCUT2D eigenvalue weighted by Gasteiger charge is 2.13. The highest BCUT2D eigenvalue weighted by atomic mass is 16.5. The van der Waals surface area contributed by atoms with Crippen LogP contribution in [-0.2, 0) is 6.54 Å². The lowest BCUT2D eigenvalue weighted by Crippen LogP contribution is -2.10. The van der Waals surface area contributed by atoms with Crippen molar-refractivity contribution < 1.29 is 4.74 Å². The van der Waals surface area contributed by atoms with Crippen molar-refractivity contribution in [3.63, 3.8) is 0 Å². The zero-order valence-electron chi connectivity index (χ0n) is 12.7. The van der Waals surface area contributed by atoms with Crippen LogP contribution in [0.15, 0.2) is 24.4 Å². The van der Waals surface area contributed by atoms with Crippen LogP contribution in [0, 0.1) is 6.92 Å². The number of benzene rings is 1. The normalized spacial score (nSPS) is 11.1. The average molecular weight is 273 g/mol. The summed E-state index contributed by atoms with van der Waals surface area (Å²) < 4.78 is 7.55. The van der Waals surface area contributed by atoms with Crippen LogP contribution in [0.2, 0.25) is 0 Å². The molecular formula is C16H23N3O. The molecule has 0 fully saturated rings. The van der Waals surface area contributed by atoms with Crippen molar-refractivity contribution >= 4 is 0 Å². The van der Waals surface area contributed by atoms with Crippen LogP contribution in [0.5, 0.6) is 5.75 Å². The van der Waals surface area contributed by atoms with E-state index in [1.165, 1.54) is 5.56 Å². The third-order valence-corrected chi connectivity index (χ3v) is 3.51. The van der Waals surface area contributed by atoms with Crippen molar-refractivity contribution in [2.45, 2.75) is 33.2 Å². The number of nitrogens with zero attached hydrogens (tertiary/aromatic N) is 2. The molecule has 0 unspecified atom stereocenters. The van der Waals surface area contributed by atoms with E-state index in [-0.39, 0.29) is 0 Å². The van der Waals surface area contributed by atoms with Gasteiger partial charge in [0.2, 0.25) is 0 Å². The van der Waals surface area contributed by atoms with Gasteiger partial charge in [-0.1, -0.05) is 19.9 Å². The van der Waals surface area contributed by atoms with Crippen LogP contribution < -0.4 is 10.5 Å². The van der Waals surface area contributed by atoms with Crippen LogP contribution in [0.1, 0.15) is 31.2 Å². The summed E-state index contributed by atoms with van der Waals surface area (Å²) in [5.41, 5.74) is 8.89. The Balaban J connectivity index is 2.49. The van der Waals surface area contributed by atoms with Crippen molar-refractivity contribution in [1.29, 1.82) is 0 Å². The molecule has 0 aliphatic rings. The molecule has 0 saturated carbocycles. The summed E-state index contributed by atoms with van der Waals surface area (Å²) >= 11 is 0. The van der Waals surface area contributed by atoms with Gasteiger partial charge < -0.3 is 15.0 Å². The third-order valence-electron chi connectivity index (χ3n) is 3.51. The lowest BCUT2D eigenvalue weighted by Gasteiger charge is -2.11. The second-order valence-electron chi connectivity index (χ2n) is 5.27. The molecule has 2 rings (SSSR count). The third kappa shape index (κ3) is 2.85. The Bertz CT molecular complexity index is 587. The van der Waals surface area contributed by atoms with E-state index in [1.807, 2.05) is 19.2 Å². The molecule has 108 valence electrons. The summed E-state index contributed by atoms with van der Waals surface area (Å²) in [5, 5.41) is 0. The summed E-state index contributed by atoms with van der Waals surface area (Å²) in [7, 11) is 1.69. The number of hydrogen-bond donors (Lipinski definition) is 1. The summed E-state index contributed by atoms with van der Waals surface area (Å²) in [6, 6.07) is 6.29. The first-order chi connectivity index (χ1) is 9.56. The molecule has 0 radical (unpaired) electrons. The molecule has 0 spiro atoms. The molecule has 20 heavy (non-hydrogen) atoms. The molecule has 0 aliphatic heterocycles. The molecule has 0 atom stereocenters. The van der Waals surface area contributed by atoms with Gasteiger partial charge in [-0.15, -0.1) is 0 Å². The highest BCUT2D eigenvalue weighted by Crippen LogP contribution is 2.32. The Labute approximate surface area is 120 Å². The van der Waals surface area contributed by atoms with Crippen LogP contribution in [-0.4, -0.2) is 23.2 Å². The quantitative estimate of drug-likeness (QED) is 0.911. The van der Waals surface area contributed by atoms with E-state index >= 15 is 0 Å². The molecule has 1 heterocycles. The van der Waals surface area contributed by atoms with E-state index in [9.17, 15) is 0 Å². The zero-order chi connectivity index (χ0) is 14.7. The minimum Gasteiger partial charge on any atom is -0.496 e. The molecule has 4 nitrogen and oxygen atoms in total. The molecule has 0 bridgehead atoms. The van der Waals surface area contributed by atoms with Gasteiger partial charge in [-0.3, -0.25) is 0 Å². The Morgan fingerprint density at radius 1 is 1.35 bits per heavy atom. The predicted octanol–water partition coefficient (Wildman–Crippen LogP) is 2.95. The first kappa shape index (κ1) is 14.6. The second-order valence-corrected chi connectivity index (χ2v) is 5.27. The molecule has 0 saturated heterocycles. The van der Waals surface area contributed by atoms with Gasteiger partial charge in [0.05, 0.1) is 12.8 Å². The van der Waals surface area contributed by atoms with Gasteiger partial charge in [-0.25, -0.2) is 4.98 Å². The number of aryl methyl sites for hydroxylation is 1. The topological polar surface area (TPSA) is 53.1 Å². The van der Waals surface area contributed by atoms with Crippen LogP contribution in [0.25, 0.3) is 11.3 Å². The minimum absolute atomic E-state index is 0.479. The second kappa shape index (κ2) is 6.09. The van der Waals surface area contributed by atoms with Crippen molar-refractivity contribution in [2.75, 3.05) is 13.7 Å². The van der Waals surface area contributed by atoms with E-state index < -0.39 is 0 Å². The zero-order valence-corrected chi connectivity index (χ0v) is 12.7. The number of ether oxygens (including phenoxy) is 1. The van der Waals surface area contributed by atoms with Gasteiger partial charge in [-0.05, 0) is 30.5 Å². The van der Waals surface area contributed by atoms with Gasteiger partial charge in [0, 0.05) is 24.8 Å². The SMILES string of the molecule is COc1ccc(C(C)C)cc1-c1cn(CCN)c(C)n1. The van der Waals surface area contributed by atoms with E-state index in [0.29, 0.717) is 12.5 Å². The molecule has 2 N–H and O–H groups in total. The summed E-state index contributed by atoms with van der Waals surface area (Å²) in [6.45, 7) is 7.76. The van der Waals surface area contributed by atoms with Crippen molar-refractivity contribution in [3.05, 3.63) is 35.8 Å². The standard InChI is InChI=1S/C16H23N3O/c1-11(2)13-5-6-16(20-4)14(9-13)15-10-19(8-7-17)12(3)18-15/h5-6,9-11H,7-8,17H2,1-4H3. The number of imidazole rings is 1. The molecule has 1 aromatic heterocycles. The summed E-state index contributed by atoms with van der Waals surface area (Å²) in [6.07, 6.45) is 2.05. The van der Waals surface area contributed by atoms with E-state index in [4.69, 9.17) is 10.5 Å². The van der Waals surface area contributed by atoms with Gasteiger partial charge in [0.15, 0.2) is 0 Å². The number of nitrogens with two attached hydrogens (primary N) is 1. The average Bonchev–Trinajstić information content (AvgIpc) is 2.80. The van der Waals surface area contributed by atoms with Crippen LogP contribution in [0.3, 0.4) is 0 Å². The van der Waals surface area contributed by atoms with E-state index in [2.05, 4.69) is 35.5 Å². The fraction of sp³-hybridized carbons (Fsp3) is 0.438. The molecule has 0 amide bonds. The molecule has 1 aromatic carbocycles. The molecule has 4 heteroatoms. The van der Waals surface area contributed by atoms with Crippen molar-refractivity contribution in [2.24, 2.45) is 5.73 Å². The first-order valence-corrected chi connectivity index (χ1v) is 6.99. The maximum absolute atomic E-state index is 5.62. The lowest BCUT2D eigenvalue weighted by atomic mass is 9.99. The number of rotatable bonds is 5. The van der Waals surface area contributed by atoms with E-state index in [0.717, 1.165) is 29.4 Å². The van der Waals surface area contributed by atoms with Crippen molar-refractivity contribution in [1.82, 2.24) is 9.55 Å². The van der Waals surface area contributed by atoms with Crippen LogP contribution in [0.4, 0.5) is 0 Å². The van der Waals surface area contributed by atoms with Gasteiger partial charge >= 0.3 is 0 Å². The molecular weight excluding hydrogens is 250 g/mol. The summed E-state index contributed by atoms with van der Waals surface area (Å²) in [5.74, 6) is 2.31. The number of methoxy groups -OCH3 is 1. The first-order valence-electron chi connectivity index (χ1n) is 6.99. The summed E-state index contributed by atoms with van der Waals surface area (Å²) in [4.78, 5) is 4.64. The Morgan fingerprint density at radius 3 is 2.70 bits per heavy atom. The molecule has 0 aliphatic carbocycles. The Morgan fingerprint density at radius 2 is 2.10 bits per heavy atom. The van der Waals surface area contributed by atoms with Crippen molar-refractivity contribution in [3.8, 4) is 17.0 Å². The van der Waals surface area contributed by atoms with Crippen LogP contribution >= 0.6 is 0 Å².